The molecule has 1 unspecified atom stereocenters. The van der Waals surface area contributed by atoms with Gasteiger partial charge in [0, 0.05) is 12.1 Å². The molecular formula is C12H15NO4S. The second-order valence-corrected chi connectivity index (χ2v) is 7.21. The van der Waals surface area contributed by atoms with Gasteiger partial charge in [0.15, 0.2) is 15.6 Å². The Labute approximate surface area is 106 Å². The summed E-state index contributed by atoms with van der Waals surface area (Å²) in [4.78, 5) is 14.0. The standard InChI is InChI=1S/C12H15NO4S/c14-12(11-2-1-6-17-11)13(9-3-4-9)10-5-7-18(15,16)8-10/h1-2,6,9-10H,3-5,7-8H2. The molecule has 6 heteroatoms. The van der Waals surface area contributed by atoms with Crippen LogP contribution in [0.5, 0.6) is 0 Å². The van der Waals surface area contributed by atoms with Crippen molar-refractivity contribution in [1.82, 2.24) is 4.90 Å². The molecular weight excluding hydrogens is 254 g/mol. The first-order valence-corrected chi connectivity index (χ1v) is 7.95. The van der Waals surface area contributed by atoms with Gasteiger partial charge in [-0.2, -0.15) is 0 Å². The van der Waals surface area contributed by atoms with Crippen LogP contribution >= 0.6 is 0 Å². The molecule has 1 aromatic rings. The first-order valence-electron chi connectivity index (χ1n) is 6.13. The van der Waals surface area contributed by atoms with Crippen LogP contribution in [0.25, 0.3) is 0 Å². The number of hydrogen-bond acceptors (Lipinski definition) is 4. The maximum atomic E-state index is 12.3. The molecule has 1 aromatic heterocycles. The van der Waals surface area contributed by atoms with Crippen LogP contribution in [0.2, 0.25) is 0 Å². The molecule has 1 aliphatic carbocycles. The Morgan fingerprint density at radius 1 is 1.28 bits per heavy atom. The summed E-state index contributed by atoms with van der Waals surface area (Å²) in [6, 6.07) is 3.31. The lowest BCUT2D eigenvalue weighted by atomic mass is 10.2. The van der Waals surface area contributed by atoms with Crippen molar-refractivity contribution in [3.8, 4) is 0 Å². The maximum Gasteiger partial charge on any atom is 0.290 e. The van der Waals surface area contributed by atoms with Crippen LogP contribution in [0, 0.1) is 0 Å². The highest BCUT2D eigenvalue weighted by molar-refractivity contribution is 7.91. The fourth-order valence-electron chi connectivity index (χ4n) is 2.50. The van der Waals surface area contributed by atoms with E-state index in [0.29, 0.717) is 12.2 Å². The van der Waals surface area contributed by atoms with E-state index in [9.17, 15) is 13.2 Å². The van der Waals surface area contributed by atoms with Gasteiger partial charge in [0.05, 0.1) is 17.8 Å². The minimum atomic E-state index is -2.97. The highest BCUT2D eigenvalue weighted by Gasteiger charge is 2.42. The molecule has 2 heterocycles. The average molecular weight is 269 g/mol. The molecule has 0 aromatic carbocycles. The molecule has 1 saturated carbocycles. The monoisotopic (exact) mass is 269 g/mol. The number of hydrogen-bond donors (Lipinski definition) is 0. The molecule has 2 fully saturated rings. The average Bonchev–Trinajstić information content (AvgIpc) is 2.87. The minimum Gasteiger partial charge on any atom is -0.459 e. The van der Waals surface area contributed by atoms with Crippen molar-refractivity contribution in [3.05, 3.63) is 24.2 Å². The van der Waals surface area contributed by atoms with E-state index in [2.05, 4.69) is 0 Å². The largest absolute Gasteiger partial charge is 0.459 e. The van der Waals surface area contributed by atoms with Crippen LogP contribution in [0.1, 0.15) is 29.8 Å². The number of furan rings is 1. The first kappa shape index (κ1) is 11.8. The van der Waals surface area contributed by atoms with Gasteiger partial charge in [0.25, 0.3) is 5.91 Å². The summed E-state index contributed by atoms with van der Waals surface area (Å²) < 4.78 is 28.2. The van der Waals surface area contributed by atoms with Crippen LogP contribution in [0.3, 0.4) is 0 Å². The maximum absolute atomic E-state index is 12.3. The molecule has 1 atom stereocenters. The van der Waals surface area contributed by atoms with Crippen molar-refractivity contribution in [1.29, 1.82) is 0 Å². The molecule has 0 spiro atoms. The topological polar surface area (TPSA) is 67.6 Å². The van der Waals surface area contributed by atoms with E-state index in [1.54, 1.807) is 17.0 Å². The van der Waals surface area contributed by atoms with E-state index >= 15 is 0 Å². The normalized spacial score (nSPS) is 26.1. The highest BCUT2D eigenvalue weighted by Crippen LogP contribution is 2.33. The van der Waals surface area contributed by atoms with Gasteiger partial charge in [-0.15, -0.1) is 0 Å². The van der Waals surface area contributed by atoms with E-state index < -0.39 is 9.84 Å². The number of rotatable bonds is 3. The molecule has 1 amide bonds. The summed E-state index contributed by atoms with van der Waals surface area (Å²) in [5, 5.41) is 0. The fraction of sp³-hybridized carbons (Fsp3) is 0.583. The van der Waals surface area contributed by atoms with Crippen molar-refractivity contribution >= 4 is 15.7 Å². The van der Waals surface area contributed by atoms with Gasteiger partial charge in [-0.3, -0.25) is 4.79 Å². The molecule has 0 N–H and O–H groups in total. The first-order chi connectivity index (χ1) is 8.57. The summed E-state index contributed by atoms with van der Waals surface area (Å²) in [5.41, 5.74) is 0. The Balaban J connectivity index is 1.83. The van der Waals surface area contributed by atoms with Crippen LogP contribution < -0.4 is 0 Å². The Kier molecular flexibility index (Phi) is 2.69. The van der Waals surface area contributed by atoms with Gasteiger partial charge < -0.3 is 9.32 Å². The Bertz CT molecular complexity index is 545. The van der Waals surface area contributed by atoms with Gasteiger partial charge in [0.2, 0.25) is 0 Å². The lowest BCUT2D eigenvalue weighted by molar-refractivity contribution is 0.0648. The summed E-state index contributed by atoms with van der Waals surface area (Å²) in [6.45, 7) is 0. The zero-order valence-electron chi connectivity index (χ0n) is 9.91. The second kappa shape index (κ2) is 4.12. The van der Waals surface area contributed by atoms with E-state index in [1.807, 2.05) is 0 Å². The number of nitrogens with zero attached hydrogens (tertiary/aromatic N) is 1. The summed E-state index contributed by atoms with van der Waals surface area (Å²) in [6.07, 6.45) is 3.93. The van der Waals surface area contributed by atoms with Gasteiger partial charge in [-0.1, -0.05) is 0 Å². The van der Waals surface area contributed by atoms with Gasteiger partial charge in [-0.05, 0) is 31.4 Å². The number of amides is 1. The van der Waals surface area contributed by atoms with Crippen molar-refractivity contribution in [3.63, 3.8) is 0 Å². The fourth-order valence-corrected chi connectivity index (χ4v) is 4.22. The highest BCUT2D eigenvalue weighted by atomic mass is 32.2. The predicted octanol–water partition coefficient (Wildman–Crippen LogP) is 1.07. The quantitative estimate of drug-likeness (QED) is 0.823. The molecule has 1 saturated heterocycles. The molecule has 3 rings (SSSR count). The Hall–Kier alpha value is -1.30. The molecule has 18 heavy (non-hydrogen) atoms. The van der Waals surface area contributed by atoms with E-state index in [0.717, 1.165) is 12.8 Å². The lowest BCUT2D eigenvalue weighted by Crippen LogP contribution is -2.42. The van der Waals surface area contributed by atoms with E-state index in [4.69, 9.17) is 4.42 Å². The smallest absolute Gasteiger partial charge is 0.290 e. The van der Waals surface area contributed by atoms with Crippen LogP contribution in [-0.2, 0) is 9.84 Å². The number of sulfone groups is 1. The third kappa shape index (κ3) is 2.16. The van der Waals surface area contributed by atoms with Crippen molar-refractivity contribution in [2.75, 3.05) is 11.5 Å². The van der Waals surface area contributed by atoms with Gasteiger partial charge >= 0.3 is 0 Å². The molecule has 1 aliphatic heterocycles. The van der Waals surface area contributed by atoms with Gasteiger partial charge in [-0.25, -0.2) is 8.42 Å². The zero-order valence-corrected chi connectivity index (χ0v) is 10.7. The molecule has 0 bridgehead atoms. The Morgan fingerprint density at radius 3 is 2.56 bits per heavy atom. The predicted molar refractivity (Wildman–Crippen MR) is 65.0 cm³/mol. The van der Waals surface area contributed by atoms with Crippen molar-refractivity contribution in [2.45, 2.75) is 31.3 Å². The van der Waals surface area contributed by atoms with E-state index in [-0.39, 0.29) is 29.5 Å². The van der Waals surface area contributed by atoms with Crippen LogP contribution in [-0.4, -0.2) is 42.8 Å². The third-order valence-electron chi connectivity index (χ3n) is 3.51. The van der Waals surface area contributed by atoms with Gasteiger partial charge in [0.1, 0.15) is 0 Å². The van der Waals surface area contributed by atoms with Crippen LogP contribution in [0.4, 0.5) is 0 Å². The third-order valence-corrected chi connectivity index (χ3v) is 5.26. The van der Waals surface area contributed by atoms with Crippen molar-refractivity contribution < 1.29 is 17.6 Å². The summed E-state index contributed by atoms with van der Waals surface area (Å²) >= 11 is 0. The summed E-state index contributed by atoms with van der Waals surface area (Å²) in [5.74, 6) is 0.401. The SMILES string of the molecule is O=C(c1ccco1)N(C1CC1)C1CCS(=O)(=O)C1. The number of carbonyl (C=O) groups is 1. The number of carbonyl (C=O) groups excluding carboxylic acids is 1. The molecule has 0 radical (unpaired) electrons. The zero-order chi connectivity index (χ0) is 12.8. The molecule has 98 valence electrons. The summed E-state index contributed by atoms with van der Waals surface area (Å²) in [7, 11) is -2.97. The van der Waals surface area contributed by atoms with E-state index in [1.165, 1.54) is 6.26 Å². The van der Waals surface area contributed by atoms with Crippen LogP contribution in [0.15, 0.2) is 22.8 Å². The molecule has 2 aliphatic rings. The minimum absolute atomic E-state index is 0.0932. The molecule has 5 nitrogen and oxygen atoms in total. The Morgan fingerprint density at radius 2 is 2.06 bits per heavy atom. The second-order valence-electron chi connectivity index (χ2n) is 4.98. The lowest BCUT2D eigenvalue weighted by Gasteiger charge is -2.27. The van der Waals surface area contributed by atoms with Crippen molar-refractivity contribution in [2.24, 2.45) is 0 Å².